The number of fused-ring (bicyclic) bond motifs is 1. The second kappa shape index (κ2) is 6.31. The standard InChI is InChI=1S/C17H18ClN5OS/c1-11-3-4-12(18)14-13(11)20-17(25-14)23-9-7-22(8-10-23)16(24)15-19-5-6-21(15)2/h3-6H,7-10H2,1-2H3. The molecule has 0 N–H and O–H groups in total. The number of carbonyl (C=O) groups is 1. The lowest BCUT2D eigenvalue weighted by molar-refractivity contribution is 0.0731. The van der Waals surface area contributed by atoms with Crippen LogP contribution in [0, 0.1) is 6.92 Å². The molecule has 0 radical (unpaired) electrons. The van der Waals surface area contributed by atoms with Gasteiger partial charge >= 0.3 is 0 Å². The number of benzene rings is 1. The molecule has 0 atom stereocenters. The largest absolute Gasteiger partial charge is 0.345 e. The topological polar surface area (TPSA) is 54.3 Å². The zero-order chi connectivity index (χ0) is 17.6. The van der Waals surface area contributed by atoms with E-state index >= 15 is 0 Å². The average Bonchev–Trinajstić information content (AvgIpc) is 3.25. The molecular weight excluding hydrogens is 358 g/mol. The van der Waals surface area contributed by atoms with Crippen molar-refractivity contribution in [3.63, 3.8) is 0 Å². The molecule has 1 fully saturated rings. The Morgan fingerprint density at radius 1 is 1.24 bits per heavy atom. The van der Waals surface area contributed by atoms with E-state index in [2.05, 4.69) is 9.88 Å². The van der Waals surface area contributed by atoms with Crippen LogP contribution in [0.2, 0.25) is 5.02 Å². The number of aryl methyl sites for hydroxylation is 2. The molecule has 0 spiro atoms. The van der Waals surface area contributed by atoms with Crippen molar-refractivity contribution in [1.82, 2.24) is 19.4 Å². The number of anilines is 1. The molecule has 2 aromatic heterocycles. The Kier molecular flexibility index (Phi) is 4.13. The lowest BCUT2D eigenvalue weighted by atomic mass is 10.2. The number of carbonyl (C=O) groups excluding carboxylic acids is 1. The Morgan fingerprint density at radius 3 is 2.64 bits per heavy atom. The Morgan fingerprint density at radius 2 is 2.00 bits per heavy atom. The third kappa shape index (κ3) is 2.87. The quantitative estimate of drug-likeness (QED) is 0.691. The van der Waals surface area contributed by atoms with Crippen molar-refractivity contribution in [3.8, 4) is 0 Å². The van der Waals surface area contributed by atoms with E-state index in [1.807, 2.05) is 31.0 Å². The number of halogens is 1. The fraction of sp³-hybridized carbons (Fsp3) is 0.353. The van der Waals surface area contributed by atoms with Crippen molar-refractivity contribution in [3.05, 3.63) is 40.9 Å². The highest BCUT2D eigenvalue weighted by Gasteiger charge is 2.26. The van der Waals surface area contributed by atoms with Crippen molar-refractivity contribution >= 4 is 44.2 Å². The van der Waals surface area contributed by atoms with Crippen LogP contribution in [0.15, 0.2) is 24.5 Å². The van der Waals surface area contributed by atoms with Gasteiger partial charge in [-0.1, -0.05) is 29.0 Å². The smallest absolute Gasteiger partial charge is 0.289 e. The first-order valence-electron chi connectivity index (χ1n) is 8.12. The molecule has 1 saturated heterocycles. The monoisotopic (exact) mass is 375 g/mol. The predicted octanol–water partition coefficient (Wildman–Crippen LogP) is 2.95. The maximum Gasteiger partial charge on any atom is 0.289 e. The number of amides is 1. The number of rotatable bonds is 2. The molecule has 4 rings (SSSR count). The SMILES string of the molecule is Cc1ccc(Cl)c2sc(N3CCN(C(=O)c4nccn4C)CC3)nc12. The lowest BCUT2D eigenvalue weighted by Crippen LogP contribution is -2.49. The molecule has 0 saturated carbocycles. The van der Waals surface area contributed by atoms with Crippen LogP contribution < -0.4 is 4.90 Å². The fourth-order valence-corrected chi connectivity index (χ4v) is 4.41. The van der Waals surface area contributed by atoms with Gasteiger partial charge in [-0.25, -0.2) is 9.97 Å². The minimum atomic E-state index is -0.0182. The van der Waals surface area contributed by atoms with E-state index in [0.29, 0.717) is 18.9 Å². The van der Waals surface area contributed by atoms with Gasteiger partial charge in [-0.2, -0.15) is 0 Å². The van der Waals surface area contributed by atoms with Gasteiger partial charge in [0.25, 0.3) is 5.91 Å². The molecule has 1 amide bonds. The second-order valence-corrected chi connectivity index (χ2v) is 7.56. The first-order chi connectivity index (χ1) is 12.0. The van der Waals surface area contributed by atoms with Crippen LogP contribution in [-0.2, 0) is 7.05 Å². The maximum atomic E-state index is 12.5. The molecule has 0 aliphatic carbocycles. The normalized spacial score (nSPS) is 15.2. The summed E-state index contributed by atoms with van der Waals surface area (Å²) in [6, 6.07) is 3.92. The maximum absolute atomic E-state index is 12.5. The van der Waals surface area contributed by atoms with Gasteiger partial charge in [0.1, 0.15) is 0 Å². The van der Waals surface area contributed by atoms with Crippen molar-refractivity contribution in [1.29, 1.82) is 0 Å². The van der Waals surface area contributed by atoms with Crippen molar-refractivity contribution in [2.24, 2.45) is 7.05 Å². The van der Waals surface area contributed by atoms with Crippen LogP contribution in [0.25, 0.3) is 10.2 Å². The van der Waals surface area contributed by atoms with Crippen LogP contribution in [-0.4, -0.2) is 51.5 Å². The third-order valence-corrected chi connectivity index (χ3v) is 6.11. The number of thiazole rings is 1. The second-order valence-electron chi connectivity index (χ2n) is 6.18. The summed E-state index contributed by atoms with van der Waals surface area (Å²) < 4.78 is 2.79. The number of imidazole rings is 1. The Bertz CT molecular complexity index is 903. The fourth-order valence-electron chi connectivity index (χ4n) is 3.04. The average molecular weight is 376 g/mol. The van der Waals surface area contributed by atoms with Gasteiger partial charge in [-0.3, -0.25) is 4.79 Å². The Hall–Kier alpha value is -2.12. The van der Waals surface area contributed by atoms with Gasteiger partial charge in [0, 0.05) is 45.6 Å². The van der Waals surface area contributed by atoms with Crippen molar-refractivity contribution < 1.29 is 4.79 Å². The highest BCUT2D eigenvalue weighted by molar-refractivity contribution is 7.22. The third-order valence-electron chi connectivity index (χ3n) is 4.54. The highest BCUT2D eigenvalue weighted by atomic mass is 35.5. The molecule has 6 nitrogen and oxygen atoms in total. The lowest BCUT2D eigenvalue weighted by Gasteiger charge is -2.34. The van der Waals surface area contributed by atoms with Crippen molar-refractivity contribution in [2.45, 2.75) is 6.92 Å². The summed E-state index contributed by atoms with van der Waals surface area (Å²) in [5.74, 6) is 0.464. The summed E-state index contributed by atoms with van der Waals surface area (Å²) >= 11 is 7.93. The number of piperazine rings is 1. The van der Waals surface area contributed by atoms with Gasteiger partial charge in [0.05, 0.1) is 15.2 Å². The summed E-state index contributed by atoms with van der Waals surface area (Å²) in [7, 11) is 1.84. The molecule has 1 aliphatic rings. The molecule has 130 valence electrons. The zero-order valence-electron chi connectivity index (χ0n) is 14.1. The molecule has 1 aromatic carbocycles. The molecule has 0 unspecified atom stereocenters. The van der Waals surface area contributed by atoms with Crippen LogP contribution >= 0.6 is 22.9 Å². The minimum absolute atomic E-state index is 0.0182. The summed E-state index contributed by atoms with van der Waals surface area (Å²) in [5, 5.41) is 1.71. The summed E-state index contributed by atoms with van der Waals surface area (Å²) in [6.45, 7) is 4.88. The van der Waals surface area contributed by atoms with Crippen LogP contribution in [0.5, 0.6) is 0 Å². The van der Waals surface area contributed by atoms with E-state index in [9.17, 15) is 4.79 Å². The molecular formula is C17H18ClN5OS. The summed E-state index contributed by atoms with van der Waals surface area (Å²) in [4.78, 5) is 25.5. The number of aromatic nitrogens is 3. The number of hydrogen-bond acceptors (Lipinski definition) is 5. The van der Waals surface area contributed by atoms with Crippen LogP contribution in [0.4, 0.5) is 5.13 Å². The van der Waals surface area contributed by atoms with Gasteiger partial charge < -0.3 is 14.4 Å². The van der Waals surface area contributed by atoms with Crippen LogP contribution in [0.1, 0.15) is 16.2 Å². The van der Waals surface area contributed by atoms with E-state index in [1.165, 1.54) is 0 Å². The van der Waals surface area contributed by atoms with Crippen molar-refractivity contribution in [2.75, 3.05) is 31.1 Å². The summed E-state index contributed by atoms with van der Waals surface area (Å²) in [5.41, 5.74) is 2.10. The van der Waals surface area contributed by atoms with E-state index in [4.69, 9.17) is 16.6 Å². The number of nitrogens with zero attached hydrogens (tertiary/aromatic N) is 5. The summed E-state index contributed by atoms with van der Waals surface area (Å²) in [6.07, 6.45) is 3.44. The first-order valence-corrected chi connectivity index (χ1v) is 9.31. The van der Waals surface area contributed by atoms with Gasteiger partial charge in [-0.05, 0) is 18.6 Å². The van der Waals surface area contributed by atoms with Gasteiger partial charge in [-0.15, -0.1) is 0 Å². The first kappa shape index (κ1) is 16.4. The zero-order valence-corrected chi connectivity index (χ0v) is 15.6. The molecule has 3 aromatic rings. The van der Waals surface area contributed by atoms with Crippen LogP contribution in [0.3, 0.4) is 0 Å². The van der Waals surface area contributed by atoms with E-state index in [1.54, 1.807) is 28.3 Å². The molecule has 3 heterocycles. The molecule has 1 aliphatic heterocycles. The van der Waals surface area contributed by atoms with E-state index < -0.39 is 0 Å². The highest BCUT2D eigenvalue weighted by Crippen LogP contribution is 2.35. The Balaban J connectivity index is 1.51. The molecule has 8 heteroatoms. The Labute approximate surface area is 154 Å². The molecule has 0 bridgehead atoms. The van der Waals surface area contributed by atoms with Gasteiger partial charge in [0.15, 0.2) is 11.0 Å². The predicted molar refractivity (Wildman–Crippen MR) is 101 cm³/mol. The van der Waals surface area contributed by atoms with E-state index in [0.717, 1.165) is 39.0 Å². The van der Waals surface area contributed by atoms with E-state index in [-0.39, 0.29) is 5.91 Å². The number of hydrogen-bond donors (Lipinski definition) is 0. The minimum Gasteiger partial charge on any atom is -0.345 e. The van der Waals surface area contributed by atoms with Gasteiger partial charge in [0.2, 0.25) is 0 Å². The molecule has 25 heavy (non-hydrogen) atoms.